The fourth-order valence-electron chi connectivity index (χ4n) is 4.50. The highest BCUT2D eigenvalue weighted by atomic mass is 32.2. The van der Waals surface area contributed by atoms with Gasteiger partial charge in [0.05, 0.1) is 16.8 Å². The van der Waals surface area contributed by atoms with Gasteiger partial charge in [0, 0.05) is 37.1 Å². The largest absolute Gasteiger partial charge is 0.360 e. The van der Waals surface area contributed by atoms with Crippen molar-refractivity contribution in [2.75, 3.05) is 26.2 Å². The Balaban J connectivity index is 1.43. The van der Waals surface area contributed by atoms with Gasteiger partial charge in [0.2, 0.25) is 10.0 Å². The molecule has 0 saturated carbocycles. The van der Waals surface area contributed by atoms with Crippen LogP contribution in [-0.4, -0.2) is 59.8 Å². The molecular weight excluding hydrogens is 464 g/mol. The molecule has 2 aromatic carbocycles. The Bertz CT molecular complexity index is 1500. The van der Waals surface area contributed by atoms with Crippen molar-refractivity contribution < 1.29 is 17.7 Å². The fraction of sp³-hybridized carbons (Fsp3) is 0.269. The Morgan fingerprint density at radius 1 is 0.943 bits per heavy atom. The summed E-state index contributed by atoms with van der Waals surface area (Å²) in [5.41, 5.74) is 4.46. The third-order valence-corrected chi connectivity index (χ3v) is 8.53. The van der Waals surface area contributed by atoms with Gasteiger partial charge in [-0.15, -0.1) is 0 Å². The highest BCUT2D eigenvalue weighted by Gasteiger charge is 2.34. The normalized spacial score (nSPS) is 15.0. The van der Waals surface area contributed by atoms with E-state index in [2.05, 4.69) is 5.16 Å². The summed E-state index contributed by atoms with van der Waals surface area (Å²) < 4.78 is 32.8. The second-order valence-corrected chi connectivity index (χ2v) is 10.7. The molecule has 1 aliphatic rings. The molecule has 1 aliphatic heterocycles. The van der Waals surface area contributed by atoms with E-state index in [1.54, 1.807) is 18.7 Å². The highest BCUT2D eigenvalue weighted by molar-refractivity contribution is 7.89. The standard InChI is InChI=1S/C26H26N4O4S/c1-17-8-10-20(11-9-17)24-16-22(21-6-4-5-7-23(21)27-24)26(31)29-12-14-30(15-13-29)35(32,33)25-18(2)28-34-19(25)3/h4-11,16H,12-15H2,1-3H3. The molecule has 9 heteroatoms. The average Bonchev–Trinajstić information content (AvgIpc) is 3.22. The summed E-state index contributed by atoms with van der Waals surface area (Å²) in [5, 5.41) is 4.55. The van der Waals surface area contributed by atoms with Gasteiger partial charge < -0.3 is 9.42 Å². The zero-order valence-corrected chi connectivity index (χ0v) is 20.7. The number of benzene rings is 2. The van der Waals surface area contributed by atoms with Crippen molar-refractivity contribution >= 4 is 26.8 Å². The second-order valence-electron chi connectivity index (χ2n) is 8.79. The molecule has 0 aliphatic carbocycles. The number of pyridine rings is 1. The lowest BCUT2D eigenvalue weighted by Gasteiger charge is -2.34. The topological polar surface area (TPSA) is 96.6 Å². The molecule has 1 saturated heterocycles. The molecule has 0 spiro atoms. The predicted molar refractivity (Wildman–Crippen MR) is 133 cm³/mol. The van der Waals surface area contributed by atoms with E-state index < -0.39 is 10.0 Å². The number of para-hydroxylation sites is 1. The van der Waals surface area contributed by atoms with Crippen LogP contribution in [0.2, 0.25) is 0 Å². The zero-order chi connectivity index (χ0) is 24.7. The molecule has 3 heterocycles. The molecule has 0 unspecified atom stereocenters. The maximum absolute atomic E-state index is 13.6. The van der Waals surface area contributed by atoms with Crippen molar-refractivity contribution in [2.45, 2.75) is 25.7 Å². The molecule has 1 fully saturated rings. The minimum absolute atomic E-state index is 0.111. The van der Waals surface area contributed by atoms with Crippen molar-refractivity contribution in [3.05, 3.63) is 77.2 Å². The molecule has 5 rings (SSSR count). The Labute approximate surface area is 204 Å². The van der Waals surface area contributed by atoms with Crippen LogP contribution in [0, 0.1) is 20.8 Å². The number of hydrogen-bond acceptors (Lipinski definition) is 6. The monoisotopic (exact) mass is 490 g/mol. The molecule has 8 nitrogen and oxygen atoms in total. The molecule has 1 amide bonds. The number of fused-ring (bicyclic) bond motifs is 1. The van der Waals surface area contributed by atoms with Gasteiger partial charge in [0.1, 0.15) is 10.6 Å². The number of amides is 1. The Hall–Kier alpha value is -3.56. The van der Waals surface area contributed by atoms with E-state index in [9.17, 15) is 13.2 Å². The van der Waals surface area contributed by atoms with Crippen LogP contribution in [0.15, 0.2) is 64.0 Å². The van der Waals surface area contributed by atoms with E-state index >= 15 is 0 Å². The lowest BCUT2D eigenvalue weighted by molar-refractivity contribution is 0.0699. The van der Waals surface area contributed by atoms with Crippen LogP contribution >= 0.6 is 0 Å². The first-order chi connectivity index (χ1) is 16.8. The van der Waals surface area contributed by atoms with Gasteiger partial charge in [0.25, 0.3) is 5.91 Å². The third kappa shape index (κ3) is 4.21. The van der Waals surface area contributed by atoms with Crippen LogP contribution in [0.25, 0.3) is 22.2 Å². The van der Waals surface area contributed by atoms with Crippen LogP contribution in [0.1, 0.15) is 27.4 Å². The van der Waals surface area contributed by atoms with E-state index in [1.807, 2.05) is 61.5 Å². The van der Waals surface area contributed by atoms with E-state index in [4.69, 9.17) is 9.51 Å². The Morgan fingerprint density at radius 3 is 2.29 bits per heavy atom. The highest BCUT2D eigenvalue weighted by Crippen LogP contribution is 2.28. The van der Waals surface area contributed by atoms with Crippen LogP contribution < -0.4 is 0 Å². The van der Waals surface area contributed by atoms with Crippen LogP contribution in [-0.2, 0) is 10.0 Å². The number of hydrogen-bond donors (Lipinski definition) is 0. The molecule has 35 heavy (non-hydrogen) atoms. The first-order valence-electron chi connectivity index (χ1n) is 11.4. The van der Waals surface area contributed by atoms with Gasteiger partial charge in [-0.3, -0.25) is 4.79 Å². The van der Waals surface area contributed by atoms with Crippen molar-refractivity contribution in [2.24, 2.45) is 0 Å². The number of rotatable bonds is 4. The molecule has 0 N–H and O–H groups in total. The van der Waals surface area contributed by atoms with Gasteiger partial charge in [-0.25, -0.2) is 13.4 Å². The van der Waals surface area contributed by atoms with Crippen molar-refractivity contribution in [1.82, 2.24) is 19.3 Å². The van der Waals surface area contributed by atoms with E-state index in [1.165, 1.54) is 4.31 Å². The number of nitrogens with zero attached hydrogens (tertiary/aromatic N) is 4. The first kappa shape index (κ1) is 23.2. The third-order valence-electron chi connectivity index (χ3n) is 6.39. The van der Waals surface area contributed by atoms with Gasteiger partial charge in [-0.05, 0) is 32.9 Å². The lowest BCUT2D eigenvalue weighted by atomic mass is 10.0. The summed E-state index contributed by atoms with van der Waals surface area (Å²) in [6.45, 7) is 6.21. The molecule has 0 bridgehead atoms. The van der Waals surface area contributed by atoms with Crippen LogP contribution in [0.5, 0.6) is 0 Å². The number of aryl methyl sites for hydroxylation is 3. The minimum atomic E-state index is -3.75. The average molecular weight is 491 g/mol. The summed E-state index contributed by atoms with van der Waals surface area (Å²) in [5.74, 6) is 0.138. The first-order valence-corrected chi connectivity index (χ1v) is 12.9. The minimum Gasteiger partial charge on any atom is -0.360 e. The summed E-state index contributed by atoms with van der Waals surface area (Å²) in [4.78, 5) is 20.2. The predicted octanol–water partition coefficient (Wildman–Crippen LogP) is 3.96. The maximum atomic E-state index is 13.6. The van der Waals surface area contributed by atoms with Crippen molar-refractivity contribution in [1.29, 1.82) is 0 Å². The second kappa shape index (κ2) is 8.90. The summed E-state index contributed by atoms with van der Waals surface area (Å²) in [7, 11) is -3.75. The van der Waals surface area contributed by atoms with Gasteiger partial charge >= 0.3 is 0 Å². The maximum Gasteiger partial charge on any atom is 0.254 e. The van der Waals surface area contributed by atoms with Gasteiger partial charge in [-0.2, -0.15) is 4.31 Å². The lowest BCUT2D eigenvalue weighted by Crippen LogP contribution is -2.50. The van der Waals surface area contributed by atoms with Gasteiger partial charge in [-0.1, -0.05) is 53.2 Å². The number of aromatic nitrogens is 2. The molecule has 0 atom stereocenters. The number of carbonyl (C=O) groups excluding carboxylic acids is 1. The van der Waals surface area contributed by atoms with Crippen molar-refractivity contribution in [3.8, 4) is 11.3 Å². The quantitative estimate of drug-likeness (QED) is 0.430. The van der Waals surface area contributed by atoms with Gasteiger partial charge in [0.15, 0.2) is 5.76 Å². The Morgan fingerprint density at radius 2 is 1.63 bits per heavy atom. The van der Waals surface area contributed by atoms with E-state index in [0.717, 1.165) is 27.7 Å². The molecule has 2 aromatic heterocycles. The zero-order valence-electron chi connectivity index (χ0n) is 19.9. The number of piperazine rings is 1. The fourth-order valence-corrected chi connectivity index (χ4v) is 6.21. The SMILES string of the molecule is Cc1ccc(-c2cc(C(=O)N3CCN(S(=O)(=O)c4c(C)noc4C)CC3)c3ccccc3n2)cc1. The van der Waals surface area contributed by atoms with Crippen molar-refractivity contribution in [3.63, 3.8) is 0 Å². The van der Waals surface area contributed by atoms with Crippen LogP contribution in [0.4, 0.5) is 0 Å². The number of sulfonamides is 1. The molecule has 4 aromatic rings. The number of carbonyl (C=O) groups is 1. The summed E-state index contributed by atoms with van der Waals surface area (Å²) in [6, 6.07) is 17.5. The summed E-state index contributed by atoms with van der Waals surface area (Å²) >= 11 is 0. The molecule has 180 valence electrons. The van der Waals surface area contributed by atoms with E-state index in [-0.39, 0.29) is 42.7 Å². The smallest absolute Gasteiger partial charge is 0.254 e. The summed E-state index contributed by atoms with van der Waals surface area (Å²) in [6.07, 6.45) is 0. The molecular formula is C26H26N4O4S. The Kier molecular flexibility index (Phi) is 5.90. The van der Waals surface area contributed by atoms with E-state index in [0.29, 0.717) is 11.3 Å². The van der Waals surface area contributed by atoms with Crippen LogP contribution in [0.3, 0.4) is 0 Å². The molecule has 0 radical (unpaired) electrons.